The molecule has 1 unspecified atom stereocenters. The lowest BCUT2D eigenvalue weighted by Gasteiger charge is -2.15. The highest BCUT2D eigenvalue weighted by Crippen LogP contribution is 2.13. The van der Waals surface area contributed by atoms with Gasteiger partial charge in [0.05, 0.1) is 13.2 Å². The SMILES string of the molecule is CC/C=C\C/C=C\C/C=C\C/C=C\CCCCCCCCCCCCCCCOCC(CO)OC(=O)CCC. The minimum Gasteiger partial charge on any atom is -0.457 e. The van der Waals surface area contributed by atoms with Crippen molar-refractivity contribution < 1.29 is 19.4 Å². The summed E-state index contributed by atoms with van der Waals surface area (Å²) in [6, 6.07) is 0. The van der Waals surface area contributed by atoms with Gasteiger partial charge in [-0.1, -0.05) is 133 Å². The molecule has 39 heavy (non-hydrogen) atoms. The van der Waals surface area contributed by atoms with E-state index in [4.69, 9.17) is 9.47 Å². The fourth-order valence-electron chi connectivity index (χ4n) is 4.30. The van der Waals surface area contributed by atoms with Gasteiger partial charge in [0, 0.05) is 13.0 Å². The molecule has 4 heteroatoms. The quantitative estimate of drug-likeness (QED) is 0.0576. The molecule has 0 heterocycles. The van der Waals surface area contributed by atoms with Gasteiger partial charge >= 0.3 is 5.97 Å². The number of aliphatic hydroxyl groups excluding tert-OH is 1. The van der Waals surface area contributed by atoms with Crippen LogP contribution in [0.25, 0.3) is 0 Å². The maximum atomic E-state index is 11.5. The van der Waals surface area contributed by atoms with Crippen molar-refractivity contribution in [2.45, 2.75) is 148 Å². The average molecular weight is 547 g/mol. The second-order valence-corrected chi connectivity index (χ2v) is 10.5. The Hall–Kier alpha value is -1.65. The summed E-state index contributed by atoms with van der Waals surface area (Å²) in [6.07, 6.45) is 41.4. The Bertz CT molecular complexity index is 620. The summed E-state index contributed by atoms with van der Waals surface area (Å²) < 4.78 is 10.8. The van der Waals surface area contributed by atoms with Crippen LogP contribution in [0, 0.1) is 0 Å². The summed E-state index contributed by atoms with van der Waals surface area (Å²) in [6.45, 7) is 4.88. The Morgan fingerprint density at radius 2 is 1.10 bits per heavy atom. The number of hydrogen-bond donors (Lipinski definition) is 1. The van der Waals surface area contributed by atoms with Crippen molar-refractivity contribution in [2.75, 3.05) is 19.8 Å². The van der Waals surface area contributed by atoms with Crippen molar-refractivity contribution in [2.24, 2.45) is 0 Å². The zero-order chi connectivity index (χ0) is 28.5. The first-order valence-electron chi connectivity index (χ1n) is 16.2. The molecule has 0 aromatic carbocycles. The molecule has 1 atom stereocenters. The van der Waals surface area contributed by atoms with Crippen LogP contribution in [0.5, 0.6) is 0 Å². The molecule has 0 radical (unpaired) electrons. The monoisotopic (exact) mass is 546 g/mol. The van der Waals surface area contributed by atoms with E-state index in [0.717, 1.165) is 38.5 Å². The van der Waals surface area contributed by atoms with E-state index in [2.05, 4.69) is 55.5 Å². The summed E-state index contributed by atoms with van der Waals surface area (Å²) in [7, 11) is 0. The van der Waals surface area contributed by atoms with Gasteiger partial charge in [0.2, 0.25) is 0 Å². The van der Waals surface area contributed by atoms with Crippen LogP contribution in [0.2, 0.25) is 0 Å². The largest absolute Gasteiger partial charge is 0.457 e. The number of carbonyl (C=O) groups is 1. The lowest BCUT2D eigenvalue weighted by Crippen LogP contribution is -2.27. The van der Waals surface area contributed by atoms with Crippen LogP contribution in [-0.2, 0) is 14.3 Å². The molecule has 0 rings (SSSR count). The van der Waals surface area contributed by atoms with Crippen LogP contribution < -0.4 is 0 Å². The number of rotatable bonds is 29. The average Bonchev–Trinajstić information content (AvgIpc) is 2.94. The van der Waals surface area contributed by atoms with Crippen LogP contribution in [0.4, 0.5) is 0 Å². The first-order valence-corrected chi connectivity index (χ1v) is 16.2. The number of allylic oxidation sites excluding steroid dienone is 8. The summed E-state index contributed by atoms with van der Waals surface area (Å²) >= 11 is 0. The predicted molar refractivity (Wildman–Crippen MR) is 168 cm³/mol. The predicted octanol–water partition coefficient (Wildman–Crippen LogP) is 9.97. The van der Waals surface area contributed by atoms with Gasteiger partial charge in [0.15, 0.2) is 0 Å². The van der Waals surface area contributed by atoms with E-state index in [1.54, 1.807) is 0 Å². The Morgan fingerprint density at radius 3 is 1.59 bits per heavy atom. The molecular weight excluding hydrogens is 484 g/mol. The van der Waals surface area contributed by atoms with Gasteiger partial charge in [-0.05, 0) is 51.4 Å². The lowest BCUT2D eigenvalue weighted by molar-refractivity contribution is -0.154. The van der Waals surface area contributed by atoms with Crippen molar-refractivity contribution in [3.05, 3.63) is 48.6 Å². The first kappa shape index (κ1) is 37.4. The fraction of sp³-hybridized carbons (Fsp3) is 0.743. The van der Waals surface area contributed by atoms with E-state index < -0.39 is 6.10 Å². The summed E-state index contributed by atoms with van der Waals surface area (Å²) in [5.41, 5.74) is 0. The molecule has 0 spiro atoms. The minimum absolute atomic E-state index is 0.178. The maximum absolute atomic E-state index is 11.5. The third-order valence-electron chi connectivity index (χ3n) is 6.64. The molecule has 1 N–H and O–H groups in total. The van der Waals surface area contributed by atoms with Crippen LogP contribution >= 0.6 is 0 Å². The first-order chi connectivity index (χ1) is 19.2. The van der Waals surface area contributed by atoms with E-state index >= 15 is 0 Å². The number of esters is 1. The molecule has 0 fully saturated rings. The molecule has 0 saturated heterocycles. The van der Waals surface area contributed by atoms with Crippen molar-refractivity contribution in [3.63, 3.8) is 0 Å². The van der Waals surface area contributed by atoms with Crippen molar-refractivity contribution in [3.8, 4) is 0 Å². The van der Waals surface area contributed by atoms with Gasteiger partial charge in [0.25, 0.3) is 0 Å². The van der Waals surface area contributed by atoms with Crippen LogP contribution in [0.15, 0.2) is 48.6 Å². The van der Waals surface area contributed by atoms with Gasteiger partial charge in [-0.15, -0.1) is 0 Å². The van der Waals surface area contributed by atoms with Crippen molar-refractivity contribution in [1.82, 2.24) is 0 Å². The van der Waals surface area contributed by atoms with Gasteiger partial charge in [-0.2, -0.15) is 0 Å². The van der Waals surface area contributed by atoms with Crippen molar-refractivity contribution in [1.29, 1.82) is 0 Å². The van der Waals surface area contributed by atoms with E-state index in [9.17, 15) is 9.90 Å². The molecular formula is C35H62O4. The number of carbonyl (C=O) groups excluding carboxylic acids is 1. The number of unbranched alkanes of at least 4 members (excludes halogenated alkanes) is 13. The molecule has 0 aliphatic rings. The van der Waals surface area contributed by atoms with Gasteiger partial charge in [-0.25, -0.2) is 0 Å². The molecule has 4 nitrogen and oxygen atoms in total. The standard InChI is InChI=1S/C35H62O4/c1-3-5-6-7-8-9-10-11-12-13-14-15-16-17-18-19-20-21-22-23-24-25-26-27-28-29-31-38-33-34(32-36)39-35(37)30-4-2/h5-6,8-9,11-12,14-15,34,36H,3-4,7,10,13,16-33H2,1-2H3/b6-5-,9-8-,12-11-,15-14-. The van der Waals surface area contributed by atoms with Crippen LogP contribution in [0.1, 0.15) is 142 Å². The zero-order valence-corrected chi connectivity index (χ0v) is 25.6. The summed E-state index contributed by atoms with van der Waals surface area (Å²) in [5, 5.41) is 9.28. The smallest absolute Gasteiger partial charge is 0.306 e. The summed E-state index contributed by atoms with van der Waals surface area (Å²) in [5.74, 6) is -0.256. The minimum atomic E-state index is -0.528. The van der Waals surface area contributed by atoms with E-state index in [1.807, 2.05) is 6.92 Å². The third-order valence-corrected chi connectivity index (χ3v) is 6.64. The molecule has 0 aromatic heterocycles. The van der Waals surface area contributed by atoms with E-state index in [0.29, 0.717) is 13.0 Å². The molecule has 0 aliphatic carbocycles. The van der Waals surface area contributed by atoms with E-state index in [-0.39, 0.29) is 19.2 Å². The summed E-state index contributed by atoms with van der Waals surface area (Å²) in [4.78, 5) is 11.5. The fourth-order valence-corrected chi connectivity index (χ4v) is 4.30. The maximum Gasteiger partial charge on any atom is 0.306 e. The molecule has 0 aromatic rings. The van der Waals surface area contributed by atoms with Gasteiger partial charge in [0.1, 0.15) is 6.10 Å². The third kappa shape index (κ3) is 30.7. The zero-order valence-electron chi connectivity index (χ0n) is 25.6. The molecule has 0 amide bonds. The highest BCUT2D eigenvalue weighted by molar-refractivity contribution is 5.69. The Labute approximate surface area is 242 Å². The Morgan fingerprint density at radius 1 is 0.641 bits per heavy atom. The van der Waals surface area contributed by atoms with Crippen LogP contribution in [0.3, 0.4) is 0 Å². The Kier molecular flexibility index (Phi) is 31.2. The number of ether oxygens (including phenoxy) is 2. The van der Waals surface area contributed by atoms with Gasteiger partial charge < -0.3 is 14.6 Å². The van der Waals surface area contributed by atoms with Crippen molar-refractivity contribution >= 4 is 5.97 Å². The molecule has 0 bridgehead atoms. The topological polar surface area (TPSA) is 55.8 Å². The van der Waals surface area contributed by atoms with Crippen LogP contribution in [-0.4, -0.2) is 37.0 Å². The molecule has 226 valence electrons. The number of aliphatic hydroxyl groups is 1. The van der Waals surface area contributed by atoms with Gasteiger partial charge in [-0.3, -0.25) is 4.79 Å². The molecule has 0 saturated carbocycles. The Balaban J connectivity index is 3.30. The number of hydrogen-bond acceptors (Lipinski definition) is 4. The highest BCUT2D eigenvalue weighted by Gasteiger charge is 2.12. The second kappa shape index (κ2) is 32.6. The highest BCUT2D eigenvalue weighted by atomic mass is 16.6. The normalized spacial score (nSPS) is 13.0. The van der Waals surface area contributed by atoms with E-state index in [1.165, 1.54) is 83.5 Å². The second-order valence-electron chi connectivity index (χ2n) is 10.5. The lowest BCUT2D eigenvalue weighted by atomic mass is 10.0. The molecule has 0 aliphatic heterocycles.